The average molecular weight is 326 g/mol. The van der Waals surface area contributed by atoms with Gasteiger partial charge in [-0.25, -0.2) is 0 Å². The maximum Gasteiger partial charge on any atom is 0.328 e. The van der Waals surface area contributed by atoms with Crippen LogP contribution in [0, 0.1) is 0 Å². The van der Waals surface area contributed by atoms with Gasteiger partial charge in [0.25, 0.3) is 5.78 Å². The molecule has 1 aliphatic carbocycles. The van der Waals surface area contributed by atoms with Gasteiger partial charge in [0.2, 0.25) is 5.95 Å². The monoisotopic (exact) mass is 326 g/mol. The van der Waals surface area contributed by atoms with E-state index in [1.807, 2.05) is 18.2 Å². The Hall–Kier alpha value is -3.07. The molecule has 0 saturated heterocycles. The van der Waals surface area contributed by atoms with Crippen molar-refractivity contribution in [1.82, 2.24) is 24.6 Å². The zero-order valence-corrected chi connectivity index (χ0v) is 12.5. The molecule has 3 aromatic rings. The fraction of sp³-hybridized carbons (Fsp3) is 0.0714. The van der Waals surface area contributed by atoms with Crippen LogP contribution in [-0.2, 0) is 0 Å². The van der Waals surface area contributed by atoms with Crippen LogP contribution in [0.5, 0.6) is 6.01 Å². The van der Waals surface area contributed by atoms with Gasteiger partial charge in [-0.05, 0) is 24.3 Å². The second-order valence-corrected chi connectivity index (χ2v) is 5.25. The SMILES string of the molecule is Nc1nc(OC2=C(c3ccco3)C=CC(=S)C2)nc2ncnn12. The number of allylic oxidation sites excluding steroid dienone is 4. The van der Waals surface area contributed by atoms with Crippen molar-refractivity contribution in [2.45, 2.75) is 6.42 Å². The van der Waals surface area contributed by atoms with Gasteiger partial charge in [-0.3, -0.25) is 0 Å². The molecule has 2 N–H and O–H groups in total. The van der Waals surface area contributed by atoms with Crippen molar-refractivity contribution in [2.24, 2.45) is 0 Å². The number of nitrogens with zero attached hydrogens (tertiary/aromatic N) is 5. The minimum absolute atomic E-state index is 0.0835. The third-order valence-electron chi connectivity index (χ3n) is 3.22. The first-order valence-corrected chi connectivity index (χ1v) is 7.10. The van der Waals surface area contributed by atoms with Crippen LogP contribution in [0.3, 0.4) is 0 Å². The molecule has 4 rings (SSSR count). The van der Waals surface area contributed by atoms with Gasteiger partial charge in [0.15, 0.2) is 0 Å². The predicted octanol–water partition coefficient (Wildman–Crippen LogP) is 1.81. The topological polar surface area (TPSA) is 104 Å². The standard InChI is InChI=1S/C14H10N6O2S/c15-12-18-14(19-13-16-7-17-20(12)13)22-11-6-8(23)3-4-9(11)10-2-1-5-21-10/h1-5,7H,6H2,(H2,15,16,17,18,19). The highest BCUT2D eigenvalue weighted by Gasteiger charge is 2.19. The zero-order valence-electron chi connectivity index (χ0n) is 11.7. The lowest BCUT2D eigenvalue weighted by atomic mass is 10.0. The van der Waals surface area contributed by atoms with E-state index in [-0.39, 0.29) is 12.0 Å². The Bertz CT molecular complexity index is 957. The smallest absolute Gasteiger partial charge is 0.328 e. The van der Waals surface area contributed by atoms with Crippen LogP contribution >= 0.6 is 12.2 Å². The summed E-state index contributed by atoms with van der Waals surface area (Å²) in [5.41, 5.74) is 6.60. The number of fused-ring (bicyclic) bond motifs is 1. The molecule has 0 bridgehead atoms. The van der Waals surface area contributed by atoms with Crippen molar-refractivity contribution in [2.75, 3.05) is 5.73 Å². The normalized spacial score (nSPS) is 14.7. The number of anilines is 1. The lowest BCUT2D eigenvalue weighted by molar-refractivity contribution is 0.386. The third-order valence-corrected chi connectivity index (χ3v) is 3.51. The summed E-state index contributed by atoms with van der Waals surface area (Å²) in [6, 6.07) is 3.73. The molecule has 1 aliphatic rings. The molecule has 0 radical (unpaired) electrons. The highest BCUT2D eigenvalue weighted by molar-refractivity contribution is 7.80. The maximum atomic E-state index is 5.82. The van der Waals surface area contributed by atoms with Crippen molar-refractivity contribution < 1.29 is 9.15 Å². The lowest BCUT2D eigenvalue weighted by Crippen LogP contribution is -2.11. The van der Waals surface area contributed by atoms with Crippen LogP contribution in [0.1, 0.15) is 12.2 Å². The number of furan rings is 1. The van der Waals surface area contributed by atoms with Crippen LogP contribution in [0.2, 0.25) is 0 Å². The summed E-state index contributed by atoms with van der Waals surface area (Å²) in [6.45, 7) is 0. The Balaban J connectivity index is 1.77. The van der Waals surface area contributed by atoms with Gasteiger partial charge in [0.1, 0.15) is 17.8 Å². The minimum atomic E-state index is 0.0835. The van der Waals surface area contributed by atoms with Crippen molar-refractivity contribution in [3.05, 3.63) is 48.4 Å². The van der Waals surface area contributed by atoms with Crippen molar-refractivity contribution in [3.8, 4) is 6.01 Å². The molecule has 0 saturated carbocycles. The minimum Gasteiger partial charge on any atom is -0.464 e. The average Bonchev–Trinajstić information content (AvgIpc) is 3.18. The van der Waals surface area contributed by atoms with Gasteiger partial charge in [-0.15, -0.1) is 0 Å². The van der Waals surface area contributed by atoms with Gasteiger partial charge < -0.3 is 14.9 Å². The molecule has 0 amide bonds. The molecule has 9 heteroatoms. The second kappa shape index (κ2) is 5.29. The summed E-state index contributed by atoms with van der Waals surface area (Å²) in [6.07, 6.45) is 7.08. The highest BCUT2D eigenvalue weighted by atomic mass is 32.1. The summed E-state index contributed by atoms with van der Waals surface area (Å²) in [4.78, 5) is 13.0. The Morgan fingerprint density at radius 3 is 3.04 bits per heavy atom. The molecule has 3 aromatic heterocycles. The number of nitrogens with two attached hydrogens (primary N) is 1. The number of rotatable bonds is 3. The van der Waals surface area contributed by atoms with Crippen molar-refractivity contribution >= 4 is 34.4 Å². The molecular formula is C14H10N6O2S. The number of thiocarbonyl (C=S) groups is 1. The maximum absolute atomic E-state index is 5.82. The van der Waals surface area contributed by atoms with Gasteiger partial charge >= 0.3 is 6.01 Å². The highest BCUT2D eigenvalue weighted by Crippen LogP contribution is 2.28. The number of ether oxygens (including phenoxy) is 1. The molecule has 0 spiro atoms. The number of hydrogen-bond donors (Lipinski definition) is 1. The number of nitrogen functional groups attached to an aromatic ring is 1. The van der Waals surface area contributed by atoms with Gasteiger partial charge in [0, 0.05) is 11.3 Å². The lowest BCUT2D eigenvalue weighted by Gasteiger charge is -2.15. The quantitative estimate of drug-likeness (QED) is 0.727. The van der Waals surface area contributed by atoms with E-state index < -0.39 is 0 Å². The van der Waals surface area contributed by atoms with E-state index in [2.05, 4.69) is 20.1 Å². The molecule has 0 atom stereocenters. The molecule has 0 fully saturated rings. The van der Waals surface area contributed by atoms with E-state index in [1.54, 1.807) is 12.3 Å². The van der Waals surface area contributed by atoms with E-state index in [1.165, 1.54) is 10.8 Å². The van der Waals surface area contributed by atoms with Gasteiger partial charge in [-0.2, -0.15) is 24.6 Å². The second-order valence-electron chi connectivity index (χ2n) is 4.73. The first kappa shape index (κ1) is 13.6. The summed E-state index contributed by atoms with van der Waals surface area (Å²) in [5, 5.41) is 3.91. The fourth-order valence-electron chi connectivity index (χ4n) is 2.21. The van der Waals surface area contributed by atoms with E-state index in [9.17, 15) is 0 Å². The van der Waals surface area contributed by atoms with E-state index in [0.29, 0.717) is 23.7 Å². The molecule has 8 nitrogen and oxygen atoms in total. The Morgan fingerprint density at radius 1 is 1.30 bits per heavy atom. The van der Waals surface area contributed by atoms with Crippen LogP contribution in [-0.4, -0.2) is 29.4 Å². The number of hydrogen-bond acceptors (Lipinski definition) is 8. The third kappa shape index (κ3) is 2.46. The molecule has 114 valence electrons. The molecule has 23 heavy (non-hydrogen) atoms. The Morgan fingerprint density at radius 2 is 2.22 bits per heavy atom. The van der Waals surface area contributed by atoms with Crippen LogP contribution < -0.4 is 10.5 Å². The molecule has 0 aliphatic heterocycles. The van der Waals surface area contributed by atoms with Crippen molar-refractivity contribution in [3.63, 3.8) is 0 Å². The fourth-order valence-corrected chi connectivity index (χ4v) is 2.41. The summed E-state index contributed by atoms with van der Waals surface area (Å²) >= 11 is 5.25. The largest absolute Gasteiger partial charge is 0.464 e. The molecule has 0 aromatic carbocycles. The van der Waals surface area contributed by atoms with Crippen LogP contribution in [0.25, 0.3) is 11.4 Å². The molecular weight excluding hydrogens is 316 g/mol. The Labute approximate surface area is 135 Å². The summed E-state index contributed by atoms with van der Waals surface area (Å²) in [7, 11) is 0. The molecule has 3 heterocycles. The van der Waals surface area contributed by atoms with E-state index in [4.69, 9.17) is 27.1 Å². The summed E-state index contributed by atoms with van der Waals surface area (Å²) in [5.74, 6) is 1.71. The predicted molar refractivity (Wildman–Crippen MR) is 85.6 cm³/mol. The molecule has 0 unspecified atom stereocenters. The van der Waals surface area contributed by atoms with E-state index >= 15 is 0 Å². The first-order chi connectivity index (χ1) is 11.2. The van der Waals surface area contributed by atoms with Gasteiger partial charge in [-0.1, -0.05) is 12.2 Å². The van der Waals surface area contributed by atoms with Crippen LogP contribution in [0.4, 0.5) is 5.95 Å². The summed E-state index contributed by atoms with van der Waals surface area (Å²) < 4.78 is 12.6. The Kier molecular flexibility index (Phi) is 3.12. The zero-order chi connectivity index (χ0) is 15.8. The van der Waals surface area contributed by atoms with Crippen molar-refractivity contribution in [1.29, 1.82) is 0 Å². The van der Waals surface area contributed by atoms with Gasteiger partial charge in [0.05, 0.1) is 11.8 Å². The first-order valence-electron chi connectivity index (χ1n) is 6.70. The van der Waals surface area contributed by atoms with E-state index in [0.717, 1.165) is 10.4 Å². The number of aromatic nitrogens is 5. The van der Waals surface area contributed by atoms with Crippen LogP contribution in [0.15, 0.2) is 47.1 Å².